The van der Waals surface area contributed by atoms with E-state index in [4.69, 9.17) is 9.47 Å². The molecule has 4 heteroatoms. The molecular weight excluding hydrogens is 268 g/mol. The number of rotatable bonds is 4. The molecule has 3 atom stereocenters. The lowest BCUT2D eigenvalue weighted by atomic mass is 9.76. The van der Waals surface area contributed by atoms with E-state index in [9.17, 15) is 9.90 Å². The van der Waals surface area contributed by atoms with E-state index in [2.05, 4.69) is 0 Å². The van der Waals surface area contributed by atoms with Crippen molar-refractivity contribution < 1.29 is 19.4 Å². The number of hydrogen-bond donors (Lipinski definition) is 1. The highest BCUT2D eigenvalue weighted by Crippen LogP contribution is 2.39. The topological polar surface area (TPSA) is 55.8 Å². The van der Waals surface area contributed by atoms with Crippen molar-refractivity contribution in [2.45, 2.75) is 31.3 Å². The van der Waals surface area contributed by atoms with Gasteiger partial charge in [0.1, 0.15) is 0 Å². The first-order valence-electron chi connectivity index (χ1n) is 7.67. The zero-order valence-electron chi connectivity index (χ0n) is 12.2. The second-order valence-electron chi connectivity index (χ2n) is 6.22. The fraction of sp³-hybridized carbons (Fsp3) is 0.588. The van der Waals surface area contributed by atoms with Gasteiger partial charge in [0.05, 0.1) is 18.1 Å². The second-order valence-corrected chi connectivity index (χ2v) is 6.22. The van der Waals surface area contributed by atoms with Crippen LogP contribution in [0, 0.1) is 11.8 Å². The molecule has 3 rings (SSSR count). The zero-order chi connectivity index (χ0) is 14.7. The molecule has 0 saturated carbocycles. The summed E-state index contributed by atoms with van der Waals surface area (Å²) in [7, 11) is 0. The Morgan fingerprint density at radius 1 is 1.33 bits per heavy atom. The Hall–Kier alpha value is -1.39. The first kappa shape index (κ1) is 14.5. The van der Waals surface area contributed by atoms with E-state index in [-0.39, 0.29) is 17.4 Å². The van der Waals surface area contributed by atoms with E-state index in [0.29, 0.717) is 19.6 Å². The molecule has 0 bridgehead atoms. The van der Waals surface area contributed by atoms with Gasteiger partial charge in [0.15, 0.2) is 0 Å². The smallest absolute Gasteiger partial charge is 0.307 e. The minimum absolute atomic E-state index is 0.165. The van der Waals surface area contributed by atoms with Crippen LogP contribution in [-0.4, -0.2) is 36.5 Å². The number of carboxylic acid groups (broad SMARTS) is 1. The van der Waals surface area contributed by atoms with Gasteiger partial charge in [-0.25, -0.2) is 0 Å². The summed E-state index contributed by atoms with van der Waals surface area (Å²) in [5.41, 5.74) is 0.862. The Balaban J connectivity index is 1.73. The molecule has 0 amide bonds. The summed E-state index contributed by atoms with van der Waals surface area (Å²) in [6.07, 6.45) is 3.11. The summed E-state index contributed by atoms with van der Waals surface area (Å²) in [6, 6.07) is 9.89. The maximum Gasteiger partial charge on any atom is 0.307 e. The van der Waals surface area contributed by atoms with E-state index < -0.39 is 5.97 Å². The number of aliphatic carboxylic acids is 1. The third-order valence-corrected chi connectivity index (χ3v) is 4.78. The Morgan fingerprint density at radius 2 is 2.14 bits per heavy atom. The monoisotopic (exact) mass is 290 g/mol. The van der Waals surface area contributed by atoms with Crippen LogP contribution in [0.3, 0.4) is 0 Å². The van der Waals surface area contributed by atoms with E-state index in [1.54, 1.807) is 0 Å². The van der Waals surface area contributed by atoms with Gasteiger partial charge in [-0.15, -0.1) is 0 Å². The summed E-state index contributed by atoms with van der Waals surface area (Å²) in [5.74, 6) is -0.869. The van der Waals surface area contributed by atoms with E-state index >= 15 is 0 Å². The van der Waals surface area contributed by atoms with Gasteiger partial charge in [0, 0.05) is 19.6 Å². The minimum Gasteiger partial charge on any atom is -0.481 e. The molecule has 4 nitrogen and oxygen atoms in total. The average Bonchev–Trinajstić information content (AvgIpc) is 2.93. The summed E-state index contributed by atoms with van der Waals surface area (Å²) in [5, 5.41) is 9.65. The predicted molar refractivity (Wildman–Crippen MR) is 78.1 cm³/mol. The number of ether oxygens (including phenoxy) is 2. The van der Waals surface area contributed by atoms with Crippen molar-refractivity contribution in [2.75, 3.05) is 19.8 Å². The van der Waals surface area contributed by atoms with Crippen LogP contribution in [0.1, 0.15) is 24.8 Å². The molecule has 0 radical (unpaired) electrons. The fourth-order valence-corrected chi connectivity index (χ4v) is 3.60. The Bertz CT molecular complexity index is 479. The maximum absolute atomic E-state index is 11.7. The van der Waals surface area contributed by atoms with Crippen molar-refractivity contribution in [3.05, 3.63) is 35.9 Å². The van der Waals surface area contributed by atoms with Crippen LogP contribution in [-0.2, 0) is 20.7 Å². The van der Waals surface area contributed by atoms with Crippen LogP contribution >= 0.6 is 0 Å². The van der Waals surface area contributed by atoms with Gasteiger partial charge in [0.2, 0.25) is 0 Å². The van der Waals surface area contributed by atoms with Gasteiger partial charge in [-0.3, -0.25) is 4.79 Å². The third-order valence-electron chi connectivity index (χ3n) is 4.78. The quantitative estimate of drug-likeness (QED) is 0.925. The van der Waals surface area contributed by atoms with Crippen molar-refractivity contribution in [1.82, 2.24) is 0 Å². The van der Waals surface area contributed by atoms with Crippen molar-refractivity contribution in [3.63, 3.8) is 0 Å². The molecule has 1 spiro atoms. The highest BCUT2D eigenvalue weighted by Gasteiger charge is 2.44. The van der Waals surface area contributed by atoms with Gasteiger partial charge in [-0.1, -0.05) is 30.3 Å². The summed E-state index contributed by atoms with van der Waals surface area (Å²) in [6.45, 7) is 1.98. The Kier molecular flexibility index (Phi) is 4.27. The van der Waals surface area contributed by atoms with Crippen LogP contribution in [0.5, 0.6) is 0 Å². The Morgan fingerprint density at radius 3 is 2.81 bits per heavy atom. The molecule has 1 aromatic rings. The number of carbonyl (C=O) groups is 1. The zero-order valence-corrected chi connectivity index (χ0v) is 12.2. The predicted octanol–water partition coefficient (Wildman–Crippen LogP) is 2.52. The Labute approximate surface area is 125 Å². The van der Waals surface area contributed by atoms with Gasteiger partial charge in [-0.05, 0) is 30.7 Å². The van der Waals surface area contributed by atoms with E-state index in [1.165, 1.54) is 0 Å². The first-order chi connectivity index (χ1) is 10.2. The summed E-state index contributed by atoms with van der Waals surface area (Å²) < 4.78 is 11.4. The van der Waals surface area contributed by atoms with Crippen molar-refractivity contribution in [1.29, 1.82) is 0 Å². The van der Waals surface area contributed by atoms with Crippen LogP contribution in [0.4, 0.5) is 0 Å². The van der Waals surface area contributed by atoms with Gasteiger partial charge < -0.3 is 14.6 Å². The summed E-state index contributed by atoms with van der Waals surface area (Å²) >= 11 is 0. The molecule has 21 heavy (non-hydrogen) atoms. The molecule has 2 fully saturated rings. The molecule has 2 aliphatic heterocycles. The number of carboxylic acids is 1. The lowest BCUT2D eigenvalue weighted by molar-refractivity contribution is -0.150. The van der Waals surface area contributed by atoms with Crippen LogP contribution in [0.15, 0.2) is 30.3 Å². The fourth-order valence-electron chi connectivity index (χ4n) is 3.60. The van der Waals surface area contributed by atoms with E-state index in [0.717, 1.165) is 31.4 Å². The van der Waals surface area contributed by atoms with E-state index in [1.807, 2.05) is 30.3 Å². The van der Waals surface area contributed by atoms with Gasteiger partial charge in [-0.2, -0.15) is 0 Å². The molecule has 3 unspecified atom stereocenters. The normalized spacial score (nSPS) is 30.4. The van der Waals surface area contributed by atoms with Crippen molar-refractivity contribution in [3.8, 4) is 0 Å². The molecule has 2 heterocycles. The van der Waals surface area contributed by atoms with Crippen LogP contribution < -0.4 is 0 Å². The summed E-state index contributed by atoms with van der Waals surface area (Å²) in [4.78, 5) is 11.7. The highest BCUT2D eigenvalue weighted by molar-refractivity contribution is 5.70. The van der Waals surface area contributed by atoms with Crippen molar-refractivity contribution >= 4 is 5.97 Å². The number of hydrogen-bond acceptors (Lipinski definition) is 3. The minimum atomic E-state index is -0.695. The van der Waals surface area contributed by atoms with Gasteiger partial charge >= 0.3 is 5.97 Å². The van der Waals surface area contributed by atoms with Crippen LogP contribution in [0.2, 0.25) is 0 Å². The molecule has 2 aliphatic rings. The lowest BCUT2D eigenvalue weighted by Gasteiger charge is -2.39. The second kappa shape index (κ2) is 6.16. The molecule has 114 valence electrons. The molecular formula is C17H22O4. The van der Waals surface area contributed by atoms with Gasteiger partial charge in [0.25, 0.3) is 0 Å². The molecule has 1 aromatic carbocycles. The standard InChI is InChI=1S/C17H22O4/c18-16(19)15(10-13-4-2-1-3-5-13)14-6-8-21-17(11-14)7-9-20-12-17/h1-5,14-15H,6-12H2,(H,18,19). The average molecular weight is 290 g/mol. The molecule has 0 aromatic heterocycles. The molecule has 0 aliphatic carbocycles. The first-order valence-corrected chi connectivity index (χ1v) is 7.67. The maximum atomic E-state index is 11.7. The SMILES string of the molecule is O=C(O)C(Cc1ccccc1)C1CCOC2(CCOC2)C1. The molecule has 2 saturated heterocycles. The third kappa shape index (κ3) is 3.27. The molecule has 1 N–H and O–H groups in total. The van der Waals surface area contributed by atoms with Crippen molar-refractivity contribution in [2.24, 2.45) is 11.8 Å². The largest absolute Gasteiger partial charge is 0.481 e. The lowest BCUT2D eigenvalue weighted by Crippen LogP contribution is -2.44. The van der Waals surface area contributed by atoms with Crippen LogP contribution in [0.25, 0.3) is 0 Å². The highest BCUT2D eigenvalue weighted by atomic mass is 16.6. The number of benzene rings is 1.